The molecule has 6 heteroatoms. The minimum atomic E-state index is -0.644. The van der Waals surface area contributed by atoms with Crippen molar-refractivity contribution in [2.24, 2.45) is 5.73 Å². The van der Waals surface area contributed by atoms with Crippen LogP contribution in [0.3, 0.4) is 0 Å². The molecule has 0 fully saturated rings. The molecule has 0 spiro atoms. The molecule has 2 aromatic carbocycles. The number of benzene rings is 2. The van der Waals surface area contributed by atoms with Crippen molar-refractivity contribution in [2.45, 2.75) is 0 Å². The lowest BCUT2D eigenvalue weighted by atomic mass is 10.1. The van der Waals surface area contributed by atoms with Crippen LogP contribution in [0, 0.1) is 0 Å². The molecule has 0 radical (unpaired) electrons. The first-order valence-corrected chi connectivity index (χ1v) is 6.87. The quantitative estimate of drug-likeness (QED) is 0.647. The van der Waals surface area contributed by atoms with Crippen LogP contribution in [0.4, 0.5) is 5.69 Å². The van der Waals surface area contributed by atoms with E-state index in [4.69, 9.17) is 22.4 Å². The summed E-state index contributed by atoms with van der Waals surface area (Å²) in [5.41, 5.74) is 6.51. The fraction of sp³-hybridized carbons (Fsp3) is 0. The van der Waals surface area contributed by atoms with E-state index in [1.807, 2.05) is 18.2 Å². The lowest BCUT2D eigenvalue weighted by Crippen LogP contribution is -2.11. The second-order valence-corrected chi connectivity index (χ2v) is 5.14. The van der Waals surface area contributed by atoms with Gasteiger partial charge in [-0.2, -0.15) is 0 Å². The van der Waals surface area contributed by atoms with Gasteiger partial charge in [0.1, 0.15) is 17.0 Å². The first-order chi connectivity index (χ1) is 10.5. The van der Waals surface area contributed by atoms with Crippen LogP contribution in [0.1, 0.15) is 16.1 Å². The highest BCUT2D eigenvalue weighted by Gasteiger charge is 2.11. The third kappa shape index (κ3) is 2.64. The Balaban J connectivity index is 1.92. The van der Waals surface area contributed by atoms with Gasteiger partial charge in [0.15, 0.2) is 5.76 Å². The monoisotopic (exact) mass is 312 g/mol. The van der Waals surface area contributed by atoms with Gasteiger partial charge in [0.05, 0.1) is 0 Å². The van der Waals surface area contributed by atoms with Crippen LogP contribution in [-0.4, -0.2) is 16.0 Å². The number of carbonyl (C=O) groups is 1. The molecule has 0 atom stereocenters. The van der Waals surface area contributed by atoms with Gasteiger partial charge >= 0.3 is 0 Å². The van der Waals surface area contributed by atoms with E-state index in [2.05, 4.69) is 5.32 Å². The molecule has 4 N–H and O–H groups in total. The van der Waals surface area contributed by atoms with E-state index >= 15 is 0 Å². The van der Waals surface area contributed by atoms with Crippen LogP contribution in [0.5, 0.6) is 5.75 Å². The third-order valence-corrected chi connectivity index (χ3v) is 3.55. The summed E-state index contributed by atoms with van der Waals surface area (Å²) < 4.78 is 5.05. The first-order valence-electron chi connectivity index (χ1n) is 6.46. The zero-order valence-corrected chi connectivity index (χ0v) is 12.2. The second-order valence-electron chi connectivity index (χ2n) is 4.73. The van der Waals surface area contributed by atoms with Gasteiger partial charge in [0, 0.05) is 16.6 Å². The van der Waals surface area contributed by atoms with E-state index in [9.17, 15) is 9.90 Å². The Morgan fingerprint density at radius 2 is 2.05 bits per heavy atom. The number of aromatic hydroxyl groups is 1. The maximum Gasteiger partial charge on any atom is 0.284 e. The average Bonchev–Trinajstić information content (AvgIpc) is 2.97. The van der Waals surface area contributed by atoms with Gasteiger partial charge in [-0.15, -0.1) is 0 Å². The molecule has 22 heavy (non-hydrogen) atoms. The number of primary amides is 1. The van der Waals surface area contributed by atoms with Crippen LogP contribution in [0.25, 0.3) is 10.8 Å². The topological polar surface area (TPSA) is 88.5 Å². The normalized spacial score (nSPS) is 10.5. The second kappa shape index (κ2) is 5.50. The van der Waals surface area contributed by atoms with Gasteiger partial charge in [-0.3, -0.25) is 4.79 Å². The molecule has 0 bridgehead atoms. The van der Waals surface area contributed by atoms with Crippen molar-refractivity contribution < 1.29 is 14.3 Å². The number of carbonyl (C=O) groups excluding carboxylic acids is 1. The molecule has 110 valence electrons. The highest BCUT2D eigenvalue weighted by atomic mass is 32.1. The molecule has 1 heterocycles. The van der Waals surface area contributed by atoms with Crippen LogP contribution in [-0.2, 0) is 0 Å². The van der Waals surface area contributed by atoms with Gasteiger partial charge < -0.3 is 20.6 Å². The number of hydrogen-bond acceptors (Lipinski definition) is 4. The van der Waals surface area contributed by atoms with Crippen molar-refractivity contribution in [3.8, 4) is 5.75 Å². The fourth-order valence-electron chi connectivity index (χ4n) is 2.16. The van der Waals surface area contributed by atoms with Gasteiger partial charge in [0.25, 0.3) is 5.91 Å². The van der Waals surface area contributed by atoms with Gasteiger partial charge in [-0.05, 0) is 35.7 Å². The maximum absolute atomic E-state index is 11.0. The predicted octanol–water partition coefficient (Wildman–Crippen LogP) is 3.02. The summed E-state index contributed by atoms with van der Waals surface area (Å²) in [7, 11) is 0. The molecule has 3 aromatic rings. The van der Waals surface area contributed by atoms with Gasteiger partial charge in [0.2, 0.25) is 0 Å². The molecular formula is C16H12N2O3S. The van der Waals surface area contributed by atoms with Crippen molar-refractivity contribution >= 4 is 39.6 Å². The van der Waals surface area contributed by atoms with Crippen molar-refractivity contribution in [2.75, 3.05) is 5.32 Å². The standard InChI is InChI=1S/C16H12N2O3S/c17-15(20)14-7-10(8-21-14)16(22)18-13-3-1-2-9-6-11(19)4-5-12(9)13/h1-8,19H,(H2,17,20)(H,18,22). The predicted molar refractivity (Wildman–Crippen MR) is 88.2 cm³/mol. The summed E-state index contributed by atoms with van der Waals surface area (Å²) in [6.45, 7) is 0. The number of nitrogens with two attached hydrogens (primary N) is 1. The van der Waals surface area contributed by atoms with Crippen molar-refractivity contribution in [3.63, 3.8) is 0 Å². The molecule has 1 aromatic heterocycles. The molecule has 0 aliphatic rings. The van der Waals surface area contributed by atoms with E-state index in [0.717, 1.165) is 16.5 Å². The Morgan fingerprint density at radius 3 is 2.77 bits per heavy atom. The van der Waals surface area contributed by atoms with E-state index in [-0.39, 0.29) is 11.5 Å². The summed E-state index contributed by atoms with van der Waals surface area (Å²) in [6.07, 6.45) is 1.38. The molecule has 5 nitrogen and oxygen atoms in total. The number of fused-ring (bicyclic) bond motifs is 1. The SMILES string of the molecule is NC(=O)c1cc(C(=S)Nc2cccc3cc(O)ccc23)co1. The molecule has 0 unspecified atom stereocenters. The number of phenols is 1. The minimum absolute atomic E-state index is 0.0574. The molecule has 0 aliphatic carbocycles. The Labute approximate surface area is 131 Å². The van der Waals surface area contributed by atoms with Crippen molar-refractivity contribution in [1.29, 1.82) is 0 Å². The summed E-state index contributed by atoms with van der Waals surface area (Å²) in [5.74, 6) is -0.384. The fourth-order valence-corrected chi connectivity index (χ4v) is 2.38. The number of furan rings is 1. The van der Waals surface area contributed by atoms with E-state index in [1.54, 1.807) is 18.2 Å². The largest absolute Gasteiger partial charge is 0.508 e. The number of thiocarbonyl (C=S) groups is 1. The van der Waals surface area contributed by atoms with Crippen molar-refractivity contribution in [3.05, 3.63) is 60.1 Å². The van der Waals surface area contributed by atoms with Crippen molar-refractivity contribution in [1.82, 2.24) is 0 Å². The molecular weight excluding hydrogens is 300 g/mol. The van der Waals surface area contributed by atoms with Crippen LogP contribution in [0.2, 0.25) is 0 Å². The lowest BCUT2D eigenvalue weighted by molar-refractivity contribution is 0.0974. The number of rotatable bonds is 3. The summed E-state index contributed by atoms with van der Waals surface area (Å²) >= 11 is 5.32. The molecule has 0 saturated heterocycles. The van der Waals surface area contributed by atoms with Crippen LogP contribution >= 0.6 is 12.2 Å². The smallest absolute Gasteiger partial charge is 0.284 e. The van der Waals surface area contributed by atoms with E-state index in [1.165, 1.54) is 12.3 Å². The Morgan fingerprint density at radius 1 is 1.23 bits per heavy atom. The lowest BCUT2D eigenvalue weighted by Gasteiger charge is -2.10. The Bertz CT molecular complexity index is 886. The molecule has 0 saturated carbocycles. The van der Waals surface area contributed by atoms with Crippen LogP contribution < -0.4 is 11.1 Å². The van der Waals surface area contributed by atoms with Crippen LogP contribution in [0.15, 0.2) is 53.1 Å². The van der Waals surface area contributed by atoms with Gasteiger partial charge in [-0.25, -0.2) is 0 Å². The highest BCUT2D eigenvalue weighted by molar-refractivity contribution is 7.81. The Kier molecular flexibility index (Phi) is 3.52. The molecule has 0 aliphatic heterocycles. The number of amides is 1. The van der Waals surface area contributed by atoms with E-state index < -0.39 is 5.91 Å². The number of anilines is 1. The number of nitrogens with one attached hydrogen (secondary N) is 1. The Hall–Kier alpha value is -2.86. The first kappa shape index (κ1) is 14.1. The zero-order chi connectivity index (χ0) is 15.7. The average molecular weight is 312 g/mol. The number of hydrogen-bond donors (Lipinski definition) is 3. The maximum atomic E-state index is 11.0. The highest BCUT2D eigenvalue weighted by Crippen LogP contribution is 2.27. The number of phenolic OH excluding ortho intramolecular Hbond substituents is 1. The summed E-state index contributed by atoms with van der Waals surface area (Å²) in [4.78, 5) is 11.5. The summed E-state index contributed by atoms with van der Waals surface area (Å²) in [6, 6.07) is 12.2. The third-order valence-electron chi connectivity index (χ3n) is 3.22. The molecule has 1 amide bonds. The van der Waals surface area contributed by atoms with E-state index in [0.29, 0.717) is 10.6 Å². The molecule has 3 rings (SSSR count). The van der Waals surface area contributed by atoms with Gasteiger partial charge in [-0.1, -0.05) is 24.4 Å². The summed E-state index contributed by atoms with van der Waals surface area (Å²) in [5, 5.41) is 14.4. The minimum Gasteiger partial charge on any atom is -0.508 e. The zero-order valence-electron chi connectivity index (χ0n) is 11.4.